The zero-order valence-electron chi connectivity index (χ0n) is 16.8. The summed E-state index contributed by atoms with van der Waals surface area (Å²) in [5, 5.41) is 15.4. The molecule has 1 amide bonds. The van der Waals surface area contributed by atoms with Crippen molar-refractivity contribution in [2.45, 2.75) is 36.4 Å². The number of benzene rings is 2. The van der Waals surface area contributed by atoms with Crippen LogP contribution in [-0.4, -0.2) is 48.6 Å². The van der Waals surface area contributed by atoms with Crippen molar-refractivity contribution in [1.82, 2.24) is 4.90 Å². The van der Waals surface area contributed by atoms with Gasteiger partial charge < -0.3 is 14.8 Å². The van der Waals surface area contributed by atoms with Crippen LogP contribution in [0.5, 0.6) is 11.5 Å². The third kappa shape index (κ3) is 2.28. The van der Waals surface area contributed by atoms with Crippen molar-refractivity contribution in [2.75, 3.05) is 26.1 Å². The summed E-state index contributed by atoms with van der Waals surface area (Å²) in [6.07, 6.45) is 1.52. The molecule has 0 radical (unpaired) electrons. The molecular formula is C22H23N3O5. The van der Waals surface area contributed by atoms with Crippen molar-refractivity contribution >= 4 is 11.6 Å². The van der Waals surface area contributed by atoms with Gasteiger partial charge in [0.2, 0.25) is 6.04 Å². The lowest BCUT2D eigenvalue weighted by molar-refractivity contribution is -0.527. The maximum absolute atomic E-state index is 13.6. The maximum atomic E-state index is 13.6. The molecule has 2 aromatic carbocycles. The van der Waals surface area contributed by atoms with Crippen molar-refractivity contribution in [3.8, 4) is 11.5 Å². The third-order valence-corrected chi connectivity index (χ3v) is 6.89. The van der Waals surface area contributed by atoms with Gasteiger partial charge in [0.1, 0.15) is 17.0 Å². The quantitative estimate of drug-likeness (QED) is 0.617. The Balaban J connectivity index is 1.81. The predicted molar refractivity (Wildman–Crippen MR) is 110 cm³/mol. The highest BCUT2D eigenvalue weighted by atomic mass is 16.6. The molecule has 1 N–H and O–H groups in total. The van der Waals surface area contributed by atoms with Crippen molar-refractivity contribution < 1.29 is 19.2 Å². The number of carbonyl (C=O) groups is 1. The van der Waals surface area contributed by atoms with Crippen molar-refractivity contribution in [2.24, 2.45) is 0 Å². The molecule has 5 rings (SSSR count). The Kier molecular flexibility index (Phi) is 4.21. The standard InChI is InChI=1S/C22H23N3O5/c1-29-13-9-10-14(18(12-13)30-2)19-20(25(27)28)17-8-5-11-24(17)22(19)15-6-3-4-7-16(15)23-21(22)26/h3-4,6-7,9-10,12,17,19-20H,5,8,11H2,1-2H3,(H,23,26)/t17-,19+,20-,22-/m0/s1. The van der Waals surface area contributed by atoms with Crippen LogP contribution in [0.3, 0.4) is 0 Å². The molecule has 2 saturated heterocycles. The van der Waals surface area contributed by atoms with Crippen LogP contribution in [0.1, 0.15) is 29.9 Å². The number of nitrogens with one attached hydrogen (secondary N) is 1. The van der Waals surface area contributed by atoms with Gasteiger partial charge in [0.05, 0.1) is 26.2 Å². The highest BCUT2D eigenvalue weighted by molar-refractivity contribution is 6.07. The SMILES string of the molecule is COc1ccc([C@@H]2[C@@H]([N+](=O)[O-])[C@@H]3CCCN3[C@]23C(=O)Nc2ccccc23)c(OC)c1. The van der Waals surface area contributed by atoms with Gasteiger partial charge in [-0.05, 0) is 25.0 Å². The fourth-order valence-corrected chi connectivity index (χ4v) is 5.84. The molecule has 2 fully saturated rings. The van der Waals surface area contributed by atoms with Gasteiger partial charge in [0, 0.05) is 34.3 Å². The summed E-state index contributed by atoms with van der Waals surface area (Å²) in [6, 6.07) is 11.6. The summed E-state index contributed by atoms with van der Waals surface area (Å²) in [7, 11) is 3.09. The topological polar surface area (TPSA) is 93.9 Å². The monoisotopic (exact) mass is 409 g/mol. The molecule has 3 heterocycles. The van der Waals surface area contributed by atoms with Gasteiger partial charge in [-0.3, -0.25) is 19.8 Å². The molecule has 30 heavy (non-hydrogen) atoms. The van der Waals surface area contributed by atoms with Crippen LogP contribution in [0.4, 0.5) is 5.69 Å². The minimum absolute atomic E-state index is 0.206. The highest BCUT2D eigenvalue weighted by Crippen LogP contribution is 2.60. The van der Waals surface area contributed by atoms with E-state index in [4.69, 9.17) is 9.47 Å². The van der Waals surface area contributed by atoms with Crippen molar-refractivity contribution in [3.63, 3.8) is 0 Å². The molecule has 3 aliphatic heterocycles. The number of rotatable bonds is 4. The Morgan fingerprint density at radius 1 is 1.20 bits per heavy atom. The predicted octanol–water partition coefficient (Wildman–Crippen LogP) is 2.76. The van der Waals surface area contributed by atoms with Crippen LogP contribution in [0.2, 0.25) is 0 Å². The Bertz CT molecular complexity index is 1040. The normalized spacial score (nSPS) is 29.5. The number of ether oxygens (including phenoxy) is 2. The molecule has 1 spiro atoms. The summed E-state index contributed by atoms with van der Waals surface area (Å²) in [5.41, 5.74) is 1.03. The lowest BCUT2D eigenvalue weighted by atomic mass is 9.73. The van der Waals surface area contributed by atoms with E-state index in [0.717, 1.165) is 17.7 Å². The number of nitro groups is 1. The average Bonchev–Trinajstić information content (AvgIpc) is 3.41. The minimum Gasteiger partial charge on any atom is -0.497 e. The zero-order chi connectivity index (χ0) is 21.0. The van der Waals surface area contributed by atoms with Gasteiger partial charge in [-0.1, -0.05) is 24.3 Å². The number of carbonyl (C=O) groups excluding carboxylic acids is 1. The summed E-state index contributed by atoms with van der Waals surface area (Å²) < 4.78 is 10.9. The van der Waals surface area contributed by atoms with Crippen molar-refractivity contribution in [1.29, 1.82) is 0 Å². The van der Waals surface area contributed by atoms with E-state index in [9.17, 15) is 14.9 Å². The first-order chi connectivity index (χ1) is 14.5. The van der Waals surface area contributed by atoms with E-state index in [-0.39, 0.29) is 16.9 Å². The first kappa shape index (κ1) is 18.9. The van der Waals surface area contributed by atoms with Crippen molar-refractivity contribution in [3.05, 3.63) is 63.7 Å². The summed E-state index contributed by atoms with van der Waals surface area (Å²) in [6.45, 7) is 0.645. The number of para-hydroxylation sites is 1. The lowest BCUT2D eigenvalue weighted by Gasteiger charge is -2.36. The minimum atomic E-state index is -1.14. The van der Waals surface area contributed by atoms with Gasteiger partial charge >= 0.3 is 0 Å². The largest absolute Gasteiger partial charge is 0.497 e. The molecule has 8 heteroatoms. The van der Waals surface area contributed by atoms with Crippen LogP contribution in [0, 0.1) is 10.1 Å². The number of nitrogens with zero attached hydrogens (tertiary/aromatic N) is 2. The molecule has 0 bridgehead atoms. The molecular weight excluding hydrogens is 386 g/mol. The first-order valence-corrected chi connectivity index (χ1v) is 10.1. The summed E-state index contributed by atoms with van der Waals surface area (Å²) in [5.74, 6) is 0.186. The zero-order valence-corrected chi connectivity index (χ0v) is 16.8. The van der Waals surface area contributed by atoms with Crippen LogP contribution in [0.25, 0.3) is 0 Å². The first-order valence-electron chi connectivity index (χ1n) is 10.1. The molecule has 156 valence electrons. The molecule has 4 atom stereocenters. The van der Waals surface area contributed by atoms with Crippen LogP contribution in [-0.2, 0) is 10.3 Å². The molecule has 3 aliphatic rings. The second-order valence-corrected chi connectivity index (χ2v) is 8.03. The molecule has 2 aromatic rings. The Labute approximate surface area is 173 Å². The fraction of sp³-hybridized carbons (Fsp3) is 0.409. The van der Waals surface area contributed by atoms with Gasteiger partial charge in [-0.2, -0.15) is 0 Å². The second kappa shape index (κ2) is 6.70. The number of anilines is 1. The van der Waals surface area contributed by atoms with E-state index >= 15 is 0 Å². The van der Waals surface area contributed by atoms with Gasteiger partial charge in [0.25, 0.3) is 5.91 Å². The second-order valence-electron chi connectivity index (χ2n) is 8.03. The van der Waals surface area contributed by atoms with Gasteiger partial charge in [-0.25, -0.2) is 0 Å². The van der Waals surface area contributed by atoms with Gasteiger partial charge in [-0.15, -0.1) is 0 Å². The van der Waals surface area contributed by atoms with E-state index in [0.29, 0.717) is 30.0 Å². The van der Waals surface area contributed by atoms with Crippen LogP contribution >= 0.6 is 0 Å². The molecule has 0 aromatic heterocycles. The highest BCUT2D eigenvalue weighted by Gasteiger charge is 2.72. The third-order valence-electron chi connectivity index (χ3n) is 6.89. The number of hydrogen-bond donors (Lipinski definition) is 1. The number of amides is 1. The van der Waals surface area contributed by atoms with E-state index in [1.807, 2.05) is 24.3 Å². The molecule has 0 aliphatic carbocycles. The maximum Gasteiger partial charge on any atom is 0.250 e. The molecule has 8 nitrogen and oxygen atoms in total. The van der Waals surface area contributed by atoms with E-state index in [1.54, 1.807) is 25.3 Å². The average molecular weight is 409 g/mol. The van der Waals surface area contributed by atoms with Crippen LogP contribution in [0.15, 0.2) is 42.5 Å². The summed E-state index contributed by atoms with van der Waals surface area (Å²) in [4.78, 5) is 27.9. The summed E-state index contributed by atoms with van der Waals surface area (Å²) >= 11 is 0. The fourth-order valence-electron chi connectivity index (χ4n) is 5.84. The number of fused-ring (bicyclic) bond motifs is 4. The Morgan fingerprint density at radius 3 is 2.73 bits per heavy atom. The van der Waals surface area contributed by atoms with E-state index in [2.05, 4.69) is 10.2 Å². The van der Waals surface area contributed by atoms with E-state index in [1.165, 1.54) is 7.11 Å². The molecule has 0 saturated carbocycles. The molecule has 0 unspecified atom stereocenters. The Hall–Kier alpha value is -3.13. The number of hydrogen-bond acceptors (Lipinski definition) is 6. The Morgan fingerprint density at radius 2 is 2.00 bits per heavy atom. The lowest BCUT2D eigenvalue weighted by Crippen LogP contribution is -2.50. The van der Waals surface area contributed by atoms with E-state index < -0.39 is 17.5 Å². The van der Waals surface area contributed by atoms with Gasteiger partial charge in [0.15, 0.2) is 0 Å². The van der Waals surface area contributed by atoms with Crippen LogP contribution < -0.4 is 14.8 Å². The number of methoxy groups -OCH3 is 2. The smallest absolute Gasteiger partial charge is 0.250 e.